The van der Waals surface area contributed by atoms with Crippen molar-refractivity contribution in [2.75, 3.05) is 13.2 Å². The van der Waals surface area contributed by atoms with Gasteiger partial charge in [-0.25, -0.2) is 13.1 Å². The number of benzene rings is 1. The van der Waals surface area contributed by atoms with Gasteiger partial charge in [-0.2, -0.15) is 0 Å². The highest BCUT2D eigenvalue weighted by atomic mass is 32.2. The number of nitrogens with one attached hydrogen (secondary N) is 1. The van der Waals surface area contributed by atoms with Crippen molar-refractivity contribution in [2.45, 2.75) is 43.0 Å². The van der Waals surface area contributed by atoms with E-state index in [1.54, 1.807) is 18.2 Å². The minimum atomic E-state index is -3.48. The van der Waals surface area contributed by atoms with Gasteiger partial charge in [0, 0.05) is 12.1 Å². The zero-order valence-electron chi connectivity index (χ0n) is 11.3. The Morgan fingerprint density at radius 1 is 1.00 bits per heavy atom. The molecule has 0 saturated heterocycles. The maximum Gasteiger partial charge on any atom is 0.240 e. The van der Waals surface area contributed by atoms with Gasteiger partial charge in [-0.05, 0) is 25.0 Å². The maximum atomic E-state index is 12.4. The highest BCUT2D eigenvalue weighted by Crippen LogP contribution is 2.32. The van der Waals surface area contributed by atoms with E-state index in [0.717, 1.165) is 25.7 Å². The molecule has 1 fully saturated rings. The minimum absolute atomic E-state index is 0.0574. The summed E-state index contributed by atoms with van der Waals surface area (Å²) >= 11 is 0. The third kappa shape index (κ3) is 2.91. The molecule has 1 aliphatic carbocycles. The van der Waals surface area contributed by atoms with Crippen LogP contribution >= 0.6 is 0 Å². The fourth-order valence-corrected chi connectivity index (χ4v) is 4.02. The molecule has 1 aromatic rings. The Bertz CT molecular complexity index is 579. The normalized spacial score (nSPS) is 19.8. The predicted molar refractivity (Wildman–Crippen MR) is 74.6 cm³/mol. The quantitative estimate of drug-likeness (QED) is 0.927. The third-order valence-electron chi connectivity index (χ3n) is 3.75. The lowest BCUT2D eigenvalue weighted by atomic mass is 9.96. The van der Waals surface area contributed by atoms with Gasteiger partial charge in [0.2, 0.25) is 10.0 Å². The molecule has 0 spiro atoms. The summed E-state index contributed by atoms with van der Waals surface area (Å²) in [6, 6.07) is 4.82. The Morgan fingerprint density at radius 2 is 1.70 bits per heavy atom. The molecule has 1 aliphatic heterocycles. The Balaban J connectivity index is 1.79. The van der Waals surface area contributed by atoms with Gasteiger partial charge >= 0.3 is 0 Å². The molecule has 1 N–H and O–H groups in total. The van der Waals surface area contributed by atoms with Crippen molar-refractivity contribution in [3.8, 4) is 11.5 Å². The first-order valence-electron chi connectivity index (χ1n) is 7.07. The standard InChI is InChI=1S/C14H19NO4S/c16-20(17,15-11-4-2-1-3-5-11)12-6-7-13-14(10-12)19-9-8-18-13/h6-7,10-11,15H,1-5,8-9H2. The van der Waals surface area contributed by atoms with E-state index in [0.29, 0.717) is 24.7 Å². The molecule has 1 saturated carbocycles. The zero-order valence-corrected chi connectivity index (χ0v) is 12.1. The highest BCUT2D eigenvalue weighted by Gasteiger charge is 2.23. The fraction of sp³-hybridized carbons (Fsp3) is 0.571. The number of ether oxygens (including phenoxy) is 2. The van der Waals surface area contributed by atoms with Crippen molar-refractivity contribution >= 4 is 10.0 Å². The van der Waals surface area contributed by atoms with Gasteiger partial charge in [-0.15, -0.1) is 0 Å². The Labute approximate surface area is 119 Å². The summed E-state index contributed by atoms with van der Waals surface area (Å²) in [5.74, 6) is 1.11. The molecular formula is C14H19NO4S. The third-order valence-corrected chi connectivity index (χ3v) is 5.27. The van der Waals surface area contributed by atoms with Gasteiger partial charge < -0.3 is 9.47 Å². The highest BCUT2D eigenvalue weighted by molar-refractivity contribution is 7.89. The van der Waals surface area contributed by atoms with Crippen molar-refractivity contribution in [1.29, 1.82) is 0 Å². The SMILES string of the molecule is O=S(=O)(NC1CCCCC1)c1ccc2c(c1)OCCO2. The second-order valence-corrected chi connectivity index (χ2v) is 6.98. The average Bonchev–Trinajstić information content (AvgIpc) is 2.47. The van der Waals surface area contributed by atoms with Gasteiger partial charge in [0.05, 0.1) is 4.90 Å². The summed E-state index contributed by atoms with van der Waals surface area (Å²) in [4.78, 5) is 0.243. The molecule has 3 rings (SSSR count). The topological polar surface area (TPSA) is 64.6 Å². The van der Waals surface area contributed by atoms with Gasteiger partial charge in [-0.3, -0.25) is 0 Å². The van der Waals surface area contributed by atoms with E-state index in [4.69, 9.17) is 9.47 Å². The molecule has 1 heterocycles. The van der Waals surface area contributed by atoms with Crippen molar-refractivity contribution in [2.24, 2.45) is 0 Å². The van der Waals surface area contributed by atoms with Crippen molar-refractivity contribution in [1.82, 2.24) is 4.72 Å². The molecule has 2 aliphatic rings. The van der Waals surface area contributed by atoms with E-state index in [-0.39, 0.29) is 10.9 Å². The molecule has 0 amide bonds. The monoisotopic (exact) mass is 297 g/mol. The van der Waals surface area contributed by atoms with Crippen LogP contribution in [0.25, 0.3) is 0 Å². The molecule has 0 radical (unpaired) electrons. The van der Waals surface area contributed by atoms with Crippen LogP contribution in [0.3, 0.4) is 0 Å². The lowest BCUT2D eigenvalue weighted by Gasteiger charge is -2.23. The van der Waals surface area contributed by atoms with Crippen LogP contribution in [0.4, 0.5) is 0 Å². The van der Waals surface area contributed by atoms with Crippen LogP contribution in [0.5, 0.6) is 11.5 Å². The van der Waals surface area contributed by atoms with Crippen LogP contribution in [0, 0.1) is 0 Å². The Kier molecular flexibility index (Phi) is 3.85. The number of hydrogen-bond donors (Lipinski definition) is 1. The van der Waals surface area contributed by atoms with E-state index in [1.165, 1.54) is 6.42 Å². The second-order valence-electron chi connectivity index (χ2n) is 5.26. The van der Waals surface area contributed by atoms with Crippen LogP contribution in [-0.2, 0) is 10.0 Å². The first-order chi connectivity index (χ1) is 9.65. The fourth-order valence-electron chi connectivity index (χ4n) is 2.70. The summed E-state index contributed by atoms with van der Waals surface area (Å²) in [5.41, 5.74) is 0. The summed E-state index contributed by atoms with van der Waals surface area (Å²) in [6.45, 7) is 0.950. The van der Waals surface area contributed by atoms with E-state index >= 15 is 0 Å². The lowest BCUT2D eigenvalue weighted by molar-refractivity contribution is 0.171. The van der Waals surface area contributed by atoms with Crippen LogP contribution < -0.4 is 14.2 Å². The number of fused-ring (bicyclic) bond motifs is 1. The summed E-state index contributed by atoms with van der Waals surface area (Å²) in [5, 5.41) is 0. The Morgan fingerprint density at radius 3 is 2.45 bits per heavy atom. The molecule has 0 atom stereocenters. The molecule has 0 aromatic heterocycles. The first-order valence-corrected chi connectivity index (χ1v) is 8.55. The molecular weight excluding hydrogens is 278 g/mol. The van der Waals surface area contributed by atoms with E-state index in [2.05, 4.69) is 4.72 Å². The summed E-state index contributed by atoms with van der Waals surface area (Å²) < 4.78 is 38.4. The first kappa shape index (κ1) is 13.7. The average molecular weight is 297 g/mol. The van der Waals surface area contributed by atoms with Crippen molar-refractivity contribution in [3.63, 3.8) is 0 Å². The molecule has 110 valence electrons. The molecule has 0 bridgehead atoms. The van der Waals surface area contributed by atoms with Gasteiger partial charge in [0.25, 0.3) is 0 Å². The van der Waals surface area contributed by atoms with Crippen LogP contribution in [0.1, 0.15) is 32.1 Å². The number of rotatable bonds is 3. The van der Waals surface area contributed by atoms with E-state index in [1.807, 2.05) is 0 Å². The zero-order chi connectivity index (χ0) is 14.0. The largest absolute Gasteiger partial charge is 0.486 e. The van der Waals surface area contributed by atoms with Crippen molar-refractivity contribution in [3.05, 3.63) is 18.2 Å². The van der Waals surface area contributed by atoms with Crippen molar-refractivity contribution < 1.29 is 17.9 Å². The maximum absolute atomic E-state index is 12.4. The smallest absolute Gasteiger partial charge is 0.240 e. The summed E-state index contributed by atoms with van der Waals surface area (Å²) in [6.07, 6.45) is 5.22. The number of sulfonamides is 1. The lowest BCUT2D eigenvalue weighted by Crippen LogP contribution is -2.36. The Hall–Kier alpha value is -1.27. The minimum Gasteiger partial charge on any atom is -0.486 e. The molecule has 0 unspecified atom stereocenters. The molecule has 20 heavy (non-hydrogen) atoms. The molecule has 1 aromatic carbocycles. The van der Waals surface area contributed by atoms with E-state index in [9.17, 15) is 8.42 Å². The van der Waals surface area contributed by atoms with E-state index < -0.39 is 10.0 Å². The van der Waals surface area contributed by atoms with Gasteiger partial charge in [0.1, 0.15) is 13.2 Å². The molecule has 6 heteroatoms. The van der Waals surface area contributed by atoms with Gasteiger partial charge in [0.15, 0.2) is 11.5 Å². The number of hydrogen-bond acceptors (Lipinski definition) is 4. The van der Waals surface area contributed by atoms with Crippen LogP contribution in [0.15, 0.2) is 23.1 Å². The predicted octanol–water partition coefficient (Wildman–Crippen LogP) is 2.07. The van der Waals surface area contributed by atoms with Gasteiger partial charge in [-0.1, -0.05) is 19.3 Å². The molecule has 5 nitrogen and oxygen atoms in total. The van der Waals surface area contributed by atoms with Crippen LogP contribution in [0.2, 0.25) is 0 Å². The van der Waals surface area contributed by atoms with Crippen LogP contribution in [-0.4, -0.2) is 27.7 Å². The summed E-state index contributed by atoms with van der Waals surface area (Å²) in [7, 11) is -3.48. The second kappa shape index (κ2) is 5.61.